The first kappa shape index (κ1) is 12.8. The molecule has 86 valence electrons. The summed E-state index contributed by atoms with van der Waals surface area (Å²) in [5, 5.41) is 9.59. The zero-order valence-electron chi connectivity index (χ0n) is 9.28. The van der Waals surface area contributed by atoms with E-state index in [0.717, 1.165) is 18.8 Å². The fourth-order valence-electron chi connectivity index (χ4n) is 1.42. The highest BCUT2D eigenvalue weighted by Gasteiger charge is 2.08. The van der Waals surface area contributed by atoms with Gasteiger partial charge in [0, 0.05) is 18.3 Å². The molecule has 1 aromatic rings. The third-order valence-corrected chi connectivity index (χ3v) is 2.53. The number of rotatable bonds is 5. The van der Waals surface area contributed by atoms with E-state index in [9.17, 15) is 0 Å². The van der Waals surface area contributed by atoms with Crippen molar-refractivity contribution in [2.75, 3.05) is 18.0 Å². The molecule has 0 aliphatic heterocycles. The molecule has 0 fully saturated rings. The molecule has 0 aliphatic rings. The largest absolute Gasteiger partial charge is 0.392 e. The van der Waals surface area contributed by atoms with Gasteiger partial charge in [-0.05, 0) is 12.5 Å². The highest BCUT2D eigenvalue weighted by Crippen LogP contribution is 2.20. The zero-order valence-corrected chi connectivity index (χ0v) is 10.0. The van der Waals surface area contributed by atoms with Crippen molar-refractivity contribution in [3.05, 3.63) is 22.8 Å². The summed E-state index contributed by atoms with van der Waals surface area (Å²) in [6, 6.07) is 1.77. The molecule has 1 rings (SSSR count). The summed E-state index contributed by atoms with van der Waals surface area (Å²) in [5.41, 5.74) is 0.671. The molecule has 0 aromatic carbocycles. The van der Waals surface area contributed by atoms with Crippen LogP contribution in [0.2, 0.25) is 5.02 Å². The van der Waals surface area contributed by atoms with Crippen LogP contribution in [0.15, 0.2) is 12.3 Å². The smallest absolute Gasteiger partial charge is 0.129 e. The molecule has 0 spiro atoms. The highest BCUT2D eigenvalue weighted by atomic mass is 35.5. The standard InChI is InChI=1S/C12H15ClN2O/c1-3-5-15(6-4-2)12-7-10(9-16)11(13)8-14-12/h1,7-8,16H,4-6,9H2,2H3. The number of hydrogen-bond acceptors (Lipinski definition) is 3. The van der Waals surface area contributed by atoms with Crippen LogP contribution in [0.5, 0.6) is 0 Å². The van der Waals surface area contributed by atoms with E-state index in [-0.39, 0.29) is 6.61 Å². The average molecular weight is 239 g/mol. The highest BCUT2D eigenvalue weighted by molar-refractivity contribution is 6.31. The number of nitrogens with zero attached hydrogens (tertiary/aromatic N) is 2. The molecule has 4 heteroatoms. The van der Waals surface area contributed by atoms with Crippen LogP contribution >= 0.6 is 11.6 Å². The molecule has 1 aromatic heterocycles. The number of terminal acetylenes is 1. The van der Waals surface area contributed by atoms with Crippen molar-refractivity contribution in [3.8, 4) is 12.3 Å². The number of halogens is 1. The molecular formula is C12H15ClN2O. The number of pyridine rings is 1. The molecule has 1 N–H and O–H groups in total. The van der Waals surface area contributed by atoms with Crippen LogP contribution in [0.4, 0.5) is 5.82 Å². The second kappa shape index (κ2) is 6.37. The molecule has 0 saturated carbocycles. The molecule has 0 saturated heterocycles. The summed E-state index contributed by atoms with van der Waals surface area (Å²) in [4.78, 5) is 6.19. The summed E-state index contributed by atoms with van der Waals surface area (Å²) in [6.45, 7) is 3.33. The van der Waals surface area contributed by atoms with Crippen LogP contribution in [0, 0.1) is 12.3 Å². The number of anilines is 1. The summed E-state index contributed by atoms with van der Waals surface area (Å²) in [7, 11) is 0. The molecule has 0 bridgehead atoms. The van der Waals surface area contributed by atoms with E-state index < -0.39 is 0 Å². The fourth-order valence-corrected chi connectivity index (χ4v) is 1.58. The van der Waals surface area contributed by atoms with Crippen molar-refractivity contribution in [2.45, 2.75) is 20.0 Å². The summed E-state index contributed by atoms with van der Waals surface area (Å²) < 4.78 is 0. The molecule has 16 heavy (non-hydrogen) atoms. The Morgan fingerprint density at radius 2 is 2.38 bits per heavy atom. The molecule has 0 unspecified atom stereocenters. The third-order valence-electron chi connectivity index (χ3n) is 2.19. The predicted octanol–water partition coefficient (Wildman–Crippen LogP) is 2.08. The molecule has 0 amide bonds. The second-order valence-electron chi connectivity index (χ2n) is 3.42. The number of aliphatic hydroxyl groups is 1. The van der Waals surface area contributed by atoms with Crippen molar-refractivity contribution in [2.24, 2.45) is 0 Å². The van der Waals surface area contributed by atoms with Gasteiger partial charge in [-0.3, -0.25) is 0 Å². The SMILES string of the molecule is C#CCN(CCC)c1cc(CO)c(Cl)cn1. The number of aromatic nitrogens is 1. The maximum Gasteiger partial charge on any atom is 0.129 e. The Hall–Kier alpha value is -1.24. The van der Waals surface area contributed by atoms with E-state index in [1.165, 1.54) is 0 Å². The van der Waals surface area contributed by atoms with Gasteiger partial charge in [-0.25, -0.2) is 4.98 Å². The van der Waals surface area contributed by atoms with Gasteiger partial charge in [-0.15, -0.1) is 6.42 Å². The van der Waals surface area contributed by atoms with Crippen molar-refractivity contribution >= 4 is 17.4 Å². The third kappa shape index (κ3) is 3.13. The van der Waals surface area contributed by atoms with Crippen molar-refractivity contribution in [1.29, 1.82) is 0 Å². The van der Waals surface area contributed by atoms with E-state index in [4.69, 9.17) is 23.1 Å². The maximum absolute atomic E-state index is 9.11. The van der Waals surface area contributed by atoms with Crippen molar-refractivity contribution < 1.29 is 5.11 Å². The van der Waals surface area contributed by atoms with Gasteiger partial charge in [0.25, 0.3) is 0 Å². The van der Waals surface area contributed by atoms with Crippen LogP contribution < -0.4 is 4.90 Å². The van der Waals surface area contributed by atoms with Crippen LogP contribution in [0.3, 0.4) is 0 Å². The molecule has 3 nitrogen and oxygen atoms in total. The van der Waals surface area contributed by atoms with Gasteiger partial charge in [0.05, 0.1) is 18.2 Å². The monoisotopic (exact) mass is 238 g/mol. The van der Waals surface area contributed by atoms with Crippen LogP contribution in [0.25, 0.3) is 0 Å². The first-order valence-electron chi connectivity index (χ1n) is 5.16. The summed E-state index contributed by atoms with van der Waals surface area (Å²) in [6.07, 6.45) is 7.83. The lowest BCUT2D eigenvalue weighted by molar-refractivity contribution is 0.282. The van der Waals surface area contributed by atoms with Gasteiger partial charge in [0.1, 0.15) is 5.82 Å². The second-order valence-corrected chi connectivity index (χ2v) is 3.82. The minimum absolute atomic E-state index is 0.0929. The molecule has 0 radical (unpaired) electrons. The van der Waals surface area contributed by atoms with Gasteiger partial charge < -0.3 is 10.0 Å². The zero-order chi connectivity index (χ0) is 12.0. The molecule has 1 heterocycles. The van der Waals surface area contributed by atoms with E-state index in [2.05, 4.69) is 17.8 Å². The molecule has 0 aliphatic carbocycles. The van der Waals surface area contributed by atoms with Gasteiger partial charge in [-0.2, -0.15) is 0 Å². The van der Waals surface area contributed by atoms with Gasteiger partial charge >= 0.3 is 0 Å². The maximum atomic E-state index is 9.11. The van der Waals surface area contributed by atoms with E-state index in [0.29, 0.717) is 17.1 Å². The van der Waals surface area contributed by atoms with Crippen molar-refractivity contribution in [1.82, 2.24) is 4.98 Å². The van der Waals surface area contributed by atoms with E-state index in [1.807, 2.05) is 4.90 Å². The Bertz CT molecular complexity index is 387. The Labute approximate surface area is 101 Å². The van der Waals surface area contributed by atoms with Crippen LogP contribution in [-0.4, -0.2) is 23.2 Å². The van der Waals surface area contributed by atoms with E-state index >= 15 is 0 Å². The topological polar surface area (TPSA) is 36.4 Å². The normalized spacial score (nSPS) is 9.88. The van der Waals surface area contributed by atoms with E-state index in [1.54, 1.807) is 12.3 Å². The number of hydrogen-bond donors (Lipinski definition) is 1. The summed E-state index contributed by atoms with van der Waals surface area (Å²) >= 11 is 5.87. The first-order valence-corrected chi connectivity index (χ1v) is 5.54. The Morgan fingerprint density at radius 3 is 2.94 bits per heavy atom. The lowest BCUT2D eigenvalue weighted by Gasteiger charge is -2.21. The predicted molar refractivity (Wildman–Crippen MR) is 66.5 cm³/mol. The molecule has 0 atom stereocenters. The molecular weight excluding hydrogens is 224 g/mol. The van der Waals surface area contributed by atoms with Gasteiger partial charge in [0.15, 0.2) is 0 Å². The minimum atomic E-state index is -0.0929. The average Bonchev–Trinajstić information content (AvgIpc) is 2.29. The fraction of sp³-hybridized carbons (Fsp3) is 0.417. The van der Waals surface area contributed by atoms with Gasteiger partial charge in [-0.1, -0.05) is 24.4 Å². The van der Waals surface area contributed by atoms with Crippen molar-refractivity contribution in [3.63, 3.8) is 0 Å². The lowest BCUT2D eigenvalue weighted by atomic mass is 10.2. The Balaban J connectivity index is 2.96. The lowest BCUT2D eigenvalue weighted by Crippen LogP contribution is -2.25. The Kier molecular flexibility index (Phi) is 5.10. The van der Waals surface area contributed by atoms with Crippen LogP contribution in [-0.2, 0) is 6.61 Å². The minimum Gasteiger partial charge on any atom is -0.392 e. The summed E-state index contributed by atoms with van der Waals surface area (Å²) in [5.74, 6) is 3.35. The van der Waals surface area contributed by atoms with Gasteiger partial charge in [0.2, 0.25) is 0 Å². The Morgan fingerprint density at radius 1 is 1.62 bits per heavy atom. The quantitative estimate of drug-likeness (QED) is 0.798. The van der Waals surface area contributed by atoms with Crippen LogP contribution in [0.1, 0.15) is 18.9 Å². The number of aliphatic hydroxyl groups excluding tert-OH is 1. The first-order chi connectivity index (χ1) is 7.72.